The number of hydrogen-bond acceptors (Lipinski definition) is 1. The van der Waals surface area contributed by atoms with E-state index in [1.807, 2.05) is 31.2 Å². The van der Waals surface area contributed by atoms with Crippen LogP contribution in [-0.4, -0.2) is 18.0 Å². The van der Waals surface area contributed by atoms with Gasteiger partial charge in [0.25, 0.3) is 0 Å². The molecule has 1 N–H and O–H groups in total. The first-order valence-corrected chi connectivity index (χ1v) is 7.76. The van der Waals surface area contributed by atoms with Crippen LogP contribution in [0.25, 0.3) is 0 Å². The summed E-state index contributed by atoms with van der Waals surface area (Å²) in [6, 6.07) is 13.7. The summed E-state index contributed by atoms with van der Waals surface area (Å²) in [7, 11) is 1.71. The number of nitrogens with one attached hydrogen (secondary N) is 1. The summed E-state index contributed by atoms with van der Waals surface area (Å²) in [5.41, 5.74) is 1.91. The van der Waals surface area contributed by atoms with Gasteiger partial charge in [-0.3, -0.25) is 0 Å². The fraction of sp³-hybridized carbons (Fsp3) is 0.235. The lowest BCUT2D eigenvalue weighted by Crippen LogP contribution is -2.38. The number of hydrogen-bond donors (Lipinski definition) is 1. The lowest BCUT2D eigenvalue weighted by Gasteiger charge is -2.22. The minimum absolute atomic E-state index is 0.0966. The molecule has 0 saturated carbocycles. The van der Waals surface area contributed by atoms with Gasteiger partial charge in [-0.25, -0.2) is 9.18 Å². The summed E-state index contributed by atoms with van der Waals surface area (Å²) in [4.78, 5) is 13.8. The van der Waals surface area contributed by atoms with Crippen LogP contribution in [0.4, 0.5) is 9.18 Å². The maximum atomic E-state index is 12.9. The fourth-order valence-electron chi connectivity index (χ4n) is 2.09. The molecule has 0 spiro atoms. The van der Waals surface area contributed by atoms with Crippen LogP contribution >= 0.6 is 15.9 Å². The van der Waals surface area contributed by atoms with E-state index >= 15 is 0 Å². The largest absolute Gasteiger partial charge is 0.331 e. The zero-order valence-electron chi connectivity index (χ0n) is 12.5. The predicted molar refractivity (Wildman–Crippen MR) is 89.0 cm³/mol. The van der Waals surface area contributed by atoms with Crippen LogP contribution in [0.2, 0.25) is 0 Å². The molecule has 3 nitrogen and oxygen atoms in total. The average Bonchev–Trinajstić information content (AvgIpc) is 2.49. The third kappa shape index (κ3) is 4.56. The number of halogens is 2. The van der Waals surface area contributed by atoms with Gasteiger partial charge in [-0.1, -0.05) is 40.2 Å². The zero-order chi connectivity index (χ0) is 16.1. The van der Waals surface area contributed by atoms with Crippen molar-refractivity contribution in [2.24, 2.45) is 0 Å². The summed E-state index contributed by atoms with van der Waals surface area (Å²) in [6.07, 6.45) is 0. The normalized spacial score (nSPS) is 11.8. The van der Waals surface area contributed by atoms with Crippen molar-refractivity contribution in [2.45, 2.75) is 19.5 Å². The first-order valence-electron chi connectivity index (χ1n) is 6.97. The molecule has 2 amide bonds. The maximum absolute atomic E-state index is 12.9. The van der Waals surface area contributed by atoms with Gasteiger partial charge in [0.1, 0.15) is 5.82 Å². The van der Waals surface area contributed by atoms with Gasteiger partial charge in [0.05, 0.1) is 6.04 Å². The lowest BCUT2D eigenvalue weighted by atomic mass is 10.1. The molecule has 1 atom stereocenters. The highest BCUT2D eigenvalue weighted by Crippen LogP contribution is 2.18. The molecule has 0 aliphatic carbocycles. The number of carbonyl (C=O) groups is 1. The van der Waals surface area contributed by atoms with Crippen molar-refractivity contribution in [3.63, 3.8) is 0 Å². The molecule has 0 bridgehead atoms. The minimum Gasteiger partial charge on any atom is -0.331 e. The molecule has 2 aromatic rings. The van der Waals surface area contributed by atoms with E-state index in [1.165, 1.54) is 12.1 Å². The summed E-state index contributed by atoms with van der Waals surface area (Å²) >= 11 is 3.42. The Balaban J connectivity index is 1.94. The quantitative estimate of drug-likeness (QED) is 0.851. The van der Waals surface area contributed by atoms with Crippen molar-refractivity contribution in [3.8, 4) is 0 Å². The molecule has 5 heteroatoms. The highest BCUT2D eigenvalue weighted by atomic mass is 79.9. The highest BCUT2D eigenvalue weighted by Gasteiger charge is 2.13. The topological polar surface area (TPSA) is 32.3 Å². The molecule has 0 aliphatic heterocycles. The first-order chi connectivity index (χ1) is 10.5. The standard InChI is InChI=1S/C17H18BrFN2O/c1-12(14-4-3-5-15(18)10-14)20-17(22)21(2)11-13-6-8-16(19)9-7-13/h3-10,12H,11H2,1-2H3,(H,20,22). The summed E-state index contributed by atoms with van der Waals surface area (Å²) in [5, 5.41) is 2.95. The van der Waals surface area contributed by atoms with E-state index in [4.69, 9.17) is 0 Å². The average molecular weight is 365 g/mol. The van der Waals surface area contributed by atoms with Gasteiger partial charge < -0.3 is 10.2 Å². The first kappa shape index (κ1) is 16.5. The molecule has 116 valence electrons. The van der Waals surface area contributed by atoms with Gasteiger partial charge in [0, 0.05) is 18.1 Å². The van der Waals surface area contributed by atoms with E-state index < -0.39 is 0 Å². The molecular formula is C17H18BrFN2O. The van der Waals surface area contributed by atoms with Crippen molar-refractivity contribution in [2.75, 3.05) is 7.05 Å². The van der Waals surface area contributed by atoms with Crippen molar-refractivity contribution >= 4 is 22.0 Å². The van der Waals surface area contributed by atoms with Gasteiger partial charge in [-0.05, 0) is 42.3 Å². The van der Waals surface area contributed by atoms with Crippen molar-refractivity contribution in [1.29, 1.82) is 0 Å². The van der Waals surface area contributed by atoms with E-state index in [0.717, 1.165) is 15.6 Å². The van der Waals surface area contributed by atoms with Gasteiger partial charge in [0.15, 0.2) is 0 Å². The molecule has 2 rings (SSSR count). The van der Waals surface area contributed by atoms with Crippen molar-refractivity contribution in [1.82, 2.24) is 10.2 Å². The second kappa shape index (κ2) is 7.40. The summed E-state index contributed by atoms with van der Waals surface area (Å²) in [5.74, 6) is -0.279. The van der Waals surface area contributed by atoms with Crippen LogP contribution < -0.4 is 5.32 Å². The molecule has 2 aromatic carbocycles. The fourth-order valence-corrected chi connectivity index (χ4v) is 2.51. The molecule has 1 unspecified atom stereocenters. The van der Waals surface area contributed by atoms with E-state index in [9.17, 15) is 9.18 Å². The smallest absolute Gasteiger partial charge is 0.317 e. The monoisotopic (exact) mass is 364 g/mol. The van der Waals surface area contributed by atoms with Gasteiger partial charge in [0.2, 0.25) is 0 Å². The van der Waals surface area contributed by atoms with Gasteiger partial charge in [-0.15, -0.1) is 0 Å². The molecule has 0 heterocycles. The highest BCUT2D eigenvalue weighted by molar-refractivity contribution is 9.10. The van der Waals surface area contributed by atoms with Gasteiger partial charge in [-0.2, -0.15) is 0 Å². The number of urea groups is 1. The second-order valence-electron chi connectivity index (χ2n) is 5.21. The Bertz CT molecular complexity index is 645. The number of rotatable bonds is 4. The second-order valence-corrected chi connectivity index (χ2v) is 6.12. The van der Waals surface area contributed by atoms with Crippen LogP contribution in [-0.2, 0) is 6.54 Å². The Morgan fingerprint density at radius 3 is 2.59 bits per heavy atom. The van der Waals surface area contributed by atoms with Gasteiger partial charge >= 0.3 is 6.03 Å². The van der Waals surface area contributed by atoms with Crippen LogP contribution in [0.15, 0.2) is 53.0 Å². The number of carbonyl (C=O) groups excluding carboxylic acids is 1. The van der Waals surface area contributed by atoms with Crippen molar-refractivity contribution < 1.29 is 9.18 Å². The van der Waals surface area contributed by atoms with Crippen LogP contribution in [0.5, 0.6) is 0 Å². The Kier molecular flexibility index (Phi) is 5.55. The molecule has 0 aliphatic rings. The Hall–Kier alpha value is -1.88. The number of nitrogens with zero attached hydrogens (tertiary/aromatic N) is 1. The Morgan fingerprint density at radius 2 is 1.95 bits per heavy atom. The molecular weight excluding hydrogens is 347 g/mol. The van der Waals surface area contributed by atoms with E-state index in [2.05, 4.69) is 21.2 Å². The SMILES string of the molecule is CC(NC(=O)N(C)Cc1ccc(F)cc1)c1cccc(Br)c1. The minimum atomic E-state index is -0.279. The lowest BCUT2D eigenvalue weighted by molar-refractivity contribution is 0.203. The maximum Gasteiger partial charge on any atom is 0.317 e. The Morgan fingerprint density at radius 1 is 1.27 bits per heavy atom. The predicted octanol–water partition coefficient (Wildman–Crippen LogP) is 4.49. The van der Waals surface area contributed by atoms with Crippen LogP contribution in [0.3, 0.4) is 0 Å². The zero-order valence-corrected chi connectivity index (χ0v) is 14.1. The Labute approximate surface area is 138 Å². The van der Waals surface area contributed by atoms with Crippen molar-refractivity contribution in [3.05, 3.63) is 69.9 Å². The summed E-state index contributed by atoms with van der Waals surface area (Å²) < 4.78 is 13.9. The molecule has 0 radical (unpaired) electrons. The molecule has 0 fully saturated rings. The molecule has 22 heavy (non-hydrogen) atoms. The molecule has 0 aromatic heterocycles. The number of amides is 2. The van der Waals surface area contributed by atoms with Crippen LogP contribution in [0.1, 0.15) is 24.1 Å². The number of benzene rings is 2. The third-order valence-corrected chi connectivity index (χ3v) is 3.86. The third-order valence-electron chi connectivity index (χ3n) is 3.37. The van der Waals surface area contributed by atoms with E-state index in [1.54, 1.807) is 24.1 Å². The molecule has 0 saturated heterocycles. The van der Waals surface area contributed by atoms with E-state index in [-0.39, 0.29) is 17.9 Å². The van der Waals surface area contributed by atoms with Crippen LogP contribution in [0, 0.1) is 5.82 Å². The van der Waals surface area contributed by atoms with E-state index in [0.29, 0.717) is 6.54 Å². The summed E-state index contributed by atoms with van der Waals surface area (Å²) in [6.45, 7) is 2.36.